The maximum absolute atomic E-state index is 13.4. The standard InChI is InChI=1S/C26H28F2N2OS/c1-31-25-12-10-24(11-13-25)30-16-14-29(15-17-30)18-19-32-26(20-2-6-22(27)7-3-20)21-4-8-23(28)9-5-21/h2-13,26H,14-19H2,1H3. The zero-order valence-electron chi connectivity index (χ0n) is 18.2. The Labute approximate surface area is 193 Å². The lowest BCUT2D eigenvalue weighted by Gasteiger charge is -2.36. The van der Waals surface area contributed by atoms with Gasteiger partial charge in [-0.3, -0.25) is 4.90 Å². The minimum absolute atomic E-state index is 0.0526. The van der Waals surface area contributed by atoms with Crippen molar-refractivity contribution in [1.29, 1.82) is 0 Å². The first-order chi connectivity index (χ1) is 15.6. The van der Waals surface area contributed by atoms with Gasteiger partial charge in [-0.2, -0.15) is 0 Å². The number of thioether (sulfide) groups is 1. The zero-order valence-corrected chi connectivity index (χ0v) is 19.0. The highest BCUT2D eigenvalue weighted by molar-refractivity contribution is 7.99. The molecule has 0 aromatic heterocycles. The Morgan fingerprint density at radius 1 is 0.781 bits per heavy atom. The molecule has 1 fully saturated rings. The molecule has 32 heavy (non-hydrogen) atoms. The van der Waals surface area contributed by atoms with E-state index in [1.165, 1.54) is 30.0 Å². The lowest BCUT2D eigenvalue weighted by molar-refractivity contribution is 0.273. The molecule has 0 spiro atoms. The Bertz CT molecular complexity index is 927. The Kier molecular flexibility index (Phi) is 7.66. The Morgan fingerprint density at radius 2 is 1.31 bits per heavy atom. The first-order valence-corrected chi connectivity index (χ1v) is 11.9. The van der Waals surface area contributed by atoms with Gasteiger partial charge in [0.1, 0.15) is 17.4 Å². The first-order valence-electron chi connectivity index (χ1n) is 10.9. The Balaban J connectivity index is 1.32. The van der Waals surface area contributed by atoms with Crippen LogP contribution in [0.3, 0.4) is 0 Å². The van der Waals surface area contributed by atoms with Crippen LogP contribution in [0.15, 0.2) is 72.8 Å². The largest absolute Gasteiger partial charge is 0.497 e. The number of ether oxygens (including phenoxy) is 1. The van der Waals surface area contributed by atoms with Crippen LogP contribution in [0, 0.1) is 11.6 Å². The van der Waals surface area contributed by atoms with Gasteiger partial charge in [0.25, 0.3) is 0 Å². The van der Waals surface area contributed by atoms with Crippen molar-refractivity contribution in [2.24, 2.45) is 0 Å². The van der Waals surface area contributed by atoms with Gasteiger partial charge in [0.2, 0.25) is 0 Å². The van der Waals surface area contributed by atoms with E-state index in [4.69, 9.17) is 4.74 Å². The van der Waals surface area contributed by atoms with Crippen LogP contribution in [0.2, 0.25) is 0 Å². The predicted octanol–water partition coefficient (Wildman–Crippen LogP) is 5.62. The molecule has 1 saturated heterocycles. The minimum atomic E-state index is -0.244. The van der Waals surface area contributed by atoms with Crippen molar-refractivity contribution in [3.05, 3.63) is 95.6 Å². The second kappa shape index (κ2) is 10.8. The van der Waals surface area contributed by atoms with Crippen molar-refractivity contribution in [3.8, 4) is 5.75 Å². The van der Waals surface area contributed by atoms with Crippen LogP contribution in [-0.2, 0) is 0 Å². The van der Waals surface area contributed by atoms with Crippen molar-refractivity contribution in [1.82, 2.24) is 4.90 Å². The summed E-state index contributed by atoms with van der Waals surface area (Å²) >= 11 is 1.82. The Hall–Kier alpha value is -2.57. The lowest BCUT2D eigenvalue weighted by Crippen LogP contribution is -2.47. The maximum atomic E-state index is 13.4. The van der Waals surface area contributed by atoms with E-state index in [0.29, 0.717) is 0 Å². The average molecular weight is 455 g/mol. The lowest BCUT2D eigenvalue weighted by atomic mass is 10.0. The summed E-state index contributed by atoms with van der Waals surface area (Å²) in [6.45, 7) is 5.02. The fourth-order valence-electron chi connectivity index (χ4n) is 3.98. The van der Waals surface area contributed by atoms with Crippen LogP contribution in [0.4, 0.5) is 14.5 Å². The first kappa shape index (κ1) is 22.6. The van der Waals surface area contributed by atoms with Crippen molar-refractivity contribution < 1.29 is 13.5 Å². The number of hydrogen-bond acceptors (Lipinski definition) is 4. The van der Waals surface area contributed by atoms with Gasteiger partial charge in [-0.05, 0) is 59.7 Å². The second-order valence-electron chi connectivity index (χ2n) is 7.88. The van der Waals surface area contributed by atoms with Gasteiger partial charge in [-0.15, -0.1) is 11.8 Å². The van der Waals surface area contributed by atoms with Crippen LogP contribution in [0.25, 0.3) is 0 Å². The number of methoxy groups -OCH3 is 1. The van der Waals surface area contributed by atoms with Crippen LogP contribution in [0.1, 0.15) is 16.4 Å². The van der Waals surface area contributed by atoms with Crippen LogP contribution >= 0.6 is 11.8 Å². The molecule has 168 valence electrons. The summed E-state index contributed by atoms with van der Waals surface area (Å²) in [6, 6.07) is 21.5. The normalized spacial score (nSPS) is 14.7. The second-order valence-corrected chi connectivity index (χ2v) is 9.09. The van der Waals surface area contributed by atoms with Gasteiger partial charge in [0, 0.05) is 44.2 Å². The monoisotopic (exact) mass is 454 g/mol. The topological polar surface area (TPSA) is 15.7 Å². The number of hydrogen-bond donors (Lipinski definition) is 0. The number of rotatable bonds is 8. The molecule has 0 amide bonds. The van der Waals surface area contributed by atoms with Gasteiger partial charge in [-0.1, -0.05) is 24.3 Å². The van der Waals surface area contributed by atoms with Crippen LogP contribution in [0.5, 0.6) is 5.75 Å². The van der Waals surface area contributed by atoms with E-state index in [0.717, 1.165) is 55.4 Å². The molecule has 0 aliphatic carbocycles. The predicted molar refractivity (Wildman–Crippen MR) is 129 cm³/mol. The van der Waals surface area contributed by atoms with E-state index < -0.39 is 0 Å². The molecule has 1 heterocycles. The number of nitrogens with zero attached hydrogens (tertiary/aromatic N) is 2. The van der Waals surface area contributed by atoms with Gasteiger partial charge in [-0.25, -0.2) is 8.78 Å². The summed E-state index contributed by atoms with van der Waals surface area (Å²) in [4.78, 5) is 4.89. The van der Waals surface area contributed by atoms with Crippen molar-refractivity contribution in [2.45, 2.75) is 5.25 Å². The SMILES string of the molecule is COc1ccc(N2CCN(CCSC(c3ccc(F)cc3)c3ccc(F)cc3)CC2)cc1. The van der Waals surface area contributed by atoms with E-state index in [1.54, 1.807) is 7.11 Å². The molecule has 3 nitrogen and oxygen atoms in total. The van der Waals surface area contributed by atoms with Gasteiger partial charge in [0.05, 0.1) is 12.4 Å². The summed E-state index contributed by atoms with van der Waals surface area (Å²) < 4.78 is 32.1. The summed E-state index contributed by atoms with van der Waals surface area (Å²) in [5, 5.41) is 0.0526. The van der Waals surface area contributed by atoms with Gasteiger partial charge in [0.15, 0.2) is 0 Å². The van der Waals surface area contributed by atoms with Crippen molar-refractivity contribution in [2.75, 3.05) is 50.5 Å². The molecule has 1 aliphatic rings. The molecule has 4 rings (SSSR count). The minimum Gasteiger partial charge on any atom is -0.497 e. The quantitative estimate of drug-likeness (QED) is 0.439. The molecular weight excluding hydrogens is 426 g/mol. The molecule has 6 heteroatoms. The average Bonchev–Trinajstić information content (AvgIpc) is 2.84. The van der Waals surface area contributed by atoms with E-state index in [2.05, 4.69) is 21.9 Å². The fourth-order valence-corrected chi connectivity index (χ4v) is 5.28. The highest BCUT2D eigenvalue weighted by atomic mass is 32.2. The van der Waals surface area contributed by atoms with Gasteiger partial charge >= 0.3 is 0 Å². The summed E-state index contributed by atoms with van der Waals surface area (Å²) in [5.74, 6) is 1.33. The van der Waals surface area contributed by atoms with Crippen LogP contribution < -0.4 is 9.64 Å². The number of benzene rings is 3. The fraction of sp³-hybridized carbons (Fsp3) is 0.308. The molecule has 3 aromatic carbocycles. The number of anilines is 1. The summed E-state index contributed by atoms with van der Waals surface area (Å²) in [7, 11) is 1.68. The molecular formula is C26H28F2N2OS. The Morgan fingerprint density at radius 3 is 1.81 bits per heavy atom. The van der Waals surface area contributed by atoms with Crippen LogP contribution in [-0.4, -0.2) is 50.5 Å². The molecule has 0 atom stereocenters. The third kappa shape index (κ3) is 5.81. The maximum Gasteiger partial charge on any atom is 0.123 e. The smallest absolute Gasteiger partial charge is 0.123 e. The zero-order chi connectivity index (χ0) is 22.3. The number of halogens is 2. The third-order valence-corrected chi connectivity index (χ3v) is 7.14. The number of piperazine rings is 1. The van der Waals surface area contributed by atoms with E-state index in [1.807, 2.05) is 48.2 Å². The molecule has 0 N–H and O–H groups in total. The van der Waals surface area contributed by atoms with E-state index >= 15 is 0 Å². The molecule has 0 bridgehead atoms. The van der Waals surface area contributed by atoms with Crippen molar-refractivity contribution in [3.63, 3.8) is 0 Å². The molecule has 1 aliphatic heterocycles. The highest BCUT2D eigenvalue weighted by Gasteiger charge is 2.19. The summed E-state index contributed by atoms with van der Waals surface area (Å²) in [6.07, 6.45) is 0. The van der Waals surface area contributed by atoms with E-state index in [-0.39, 0.29) is 16.9 Å². The third-order valence-electron chi connectivity index (χ3n) is 5.85. The molecule has 0 radical (unpaired) electrons. The van der Waals surface area contributed by atoms with Crippen molar-refractivity contribution >= 4 is 17.4 Å². The molecule has 0 unspecified atom stereocenters. The van der Waals surface area contributed by atoms with Gasteiger partial charge < -0.3 is 9.64 Å². The summed E-state index contributed by atoms with van der Waals surface area (Å²) in [5.41, 5.74) is 3.30. The molecule has 0 saturated carbocycles. The van der Waals surface area contributed by atoms with E-state index in [9.17, 15) is 8.78 Å². The highest BCUT2D eigenvalue weighted by Crippen LogP contribution is 2.36. The molecule has 3 aromatic rings.